The van der Waals surface area contributed by atoms with Gasteiger partial charge in [0.15, 0.2) is 0 Å². The molecule has 2 aromatic carbocycles. The second-order valence-corrected chi connectivity index (χ2v) is 5.22. The monoisotopic (exact) mass is 304 g/mol. The zero-order valence-corrected chi connectivity index (χ0v) is 13.4. The summed E-state index contributed by atoms with van der Waals surface area (Å²) < 4.78 is 5.27. The third-order valence-corrected chi connectivity index (χ3v) is 3.78. The Morgan fingerprint density at radius 1 is 1.14 bits per heavy atom. The Morgan fingerprint density at radius 3 is 2.57 bits per heavy atom. The van der Waals surface area contributed by atoms with Crippen LogP contribution in [0.4, 0.5) is 11.4 Å². The molecule has 0 amide bonds. The van der Waals surface area contributed by atoms with E-state index in [-0.39, 0.29) is 0 Å². The fourth-order valence-corrected chi connectivity index (χ4v) is 2.36. The van der Waals surface area contributed by atoms with Crippen molar-refractivity contribution in [3.05, 3.63) is 53.1 Å². The molecule has 0 saturated heterocycles. The highest BCUT2D eigenvalue weighted by atomic mass is 35.5. The fourth-order valence-electron chi connectivity index (χ4n) is 2.12. The number of ether oxygens (including phenoxy) is 1. The summed E-state index contributed by atoms with van der Waals surface area (Å²) in [6, 6.07) is 14.1. The number of hydrogen-bond donors (Lipinski definition) is 1. The lowest BCUT2D eigenvalue weighted by Gasteiger charge is -2.21. The summed E-state index contributed by atoms with van der Waals surface area (Å²) in [7, 11) is 3.69. The highest BCUT2D eigenvalue weighted by molar-refractivity contribution is 6.31. The Kier molecular flexibility index (Phi) is 5.48. The second-order valence-electron chi connectivity index (χ2n) is 4.82. The molecular formula is C17H21ClN2O. The summed E-state index contributed by atoms with van der Waals surface area (Å²) in [6.45, 7) is 3.80. The molecule has 0 bridgehead atoms. The zero-order chi connectivity index (χ0) is 15.2. The van der Waals surface area contributed by atoms with Gasteiger partial charge in [-0.25, -0.2) is 0 Å². The molecule has 0 aliphatic rings. The molecule has 4 heteroatoms. The van der Waals surface area contributed by atoms with Crippen molar-refractivity contribution in [1.82, 2.24) is 5.32 Å². The third kappa shape index (κ3) is 3.90. The van der Waals surface area contributed by atoms with Gasteiger partial charge < -0.3 is 15.0 Å². The molecule has 112 valence electrons. The van der Waals surface area contributed by atoms with Crippen LogP contribution in [0, 0.1) is 0 Å². The summed E-state index contributed by atoms with van der Waals surface area (Å²) in [5, 5.41) is 4.07. The van der Waals surface area contributed by atoms with E-state index in [2.05, 4.69) is 29.3 Å². The summed E-state index contributed by atoms with van der Waals surface area (Å²) in [6.07, 6.45) is 0. The van der Waals surface area contributed by atoms with Crippen LogP contribution < -0.4 is 15.0 Å². The molecule has 0 heterocycles. The molecule has 0 saturated carbocycles. The Morgan fingerprint density at radius 2 is 1.90 bits per heavy atom. The molecule has 1 N–H and O–H groups in total. The predicted octanol–water partition coefficient (Wildman–Crippen LogP) is 4.23. The van der Waals surface area contributed by atoms with Gasteiger partial charge in [-0.15, -0.1) is 0 Å². The fraction of sp³-hybridized carbons (Fsp3) is 0.294. The van der Waals surface area contributed by atoms with Crippen LogP contribution in [-0.2, 0) is 6.54 Å². The number of nitrogens with zero attached hydrogens (tertiary/aromatic N) is 1. The zero-order valence-electron chi connectivity index (χ0n) is 12.7. The highest BCUT2D eigenvalue weighted by Gasteiger charge is 2.08. The average Bonchev–Trinajstić information content (AvgIpc) is 2.53. The van der Waals surface area contributed by atoms with E-state index in [0.717, 1.165) is 40.8 Å². The molecule has 0 atom stereocenters. The van der Waals surface area contributed by atoms with E-state index in [4.69, 9.17) is 16.3 Å². The first-order valence-electron chi connectivity index (χ1n) is 7.02. The van der Waals surface area contributed by atoms with Gasteiger partial charge in [0.2, 0.25) is 0 Å². The molecular weight excluding hydrogens is 284 g/mol. The maximum atomic E-state index is 6.36. The van der Waals surface area contributed by atoms with Gasteiger partial charge in [-0.1, -0.05) is 30.7 Å². The Hall–Kier alpha value is -1.71. The number of methoxy groups -OCH3 is 1. The van der Waals surface area contributed by atoms with E-state index in [1.165, 1.54) is 0 Å². The average molecular weight is 305 g/mol. The van der Waals surface area contributed by atoms with Gasteiger partial charge in [-0.2, -0.15) is 0 Å². The highest BCUT2D eigenvalue weighted by Crippen LogP contribution is 2.29. The first-order chi connectivity index (χ1) is 10.2. The summed E-state index contributed by atoms with van der Waals surface area (Å²) in [5.41, 5.74) is 3.22. The number of benzene rings is 2. The van der Waals surface area contributed by atoms with Crippen molar-refractivity contribution in [3.63, 3.8) is 0 Å². The van der Waals surface area contributed by atoms with Gasteiger partial charge in [-0.3, -0.25) is 0 Å². The molecule has 0 aliphatic carbocycles. The largest absolute Gasteiger partial charge is 0.497 e. The van der Waals surface area contributed by atoms with Gasteiger partial charge in [0.1, 0.15) is 5.75 Å². The lowest BCUT2D eigenvalue weighted by atomic mass is 10.1. The molecule has 0 spiro atoms. The van der Waals surface area contributed by atoms with Crippen molar-refractivity contribution in [2.45, 2.75) is 13.5 Å². The van der Waals surface area contributed by atoms with Crippen LogP contribution >= 0.6 is 11.6 Å². The normalized spacial score (nSPS) is 10.5. The van der Waals surface area contributed by atoms with Gasteiger partial charge in [0, 0.05) is 36.1 Å². The molecule has 0 aromatic heterocycles. The molecule has 0 aliphatic heterocycles. The minimum atomic E-state index is 0.781. The van der Waals surface area contributed by atoms with Crippen molar-refractivity contribution >= 4 is 23.0 Å². The first-order valence-corrected chi connectivity index (χ1v) is 7.40. The number of halogens is 1. The quantitative estimate of drug-likeness (QED) is 0.864. The topological polar surface area (TPSA) is 24.5 Å². The van der Waals surface area contributed by atoms with Crippen molar-refractivity contribution in [3.8, 4) is 5.75 Å². The van der Waals surface area contributed by atoms with E-state index in [0.29, 0.717) is 0 Å². The molecule has 2 rings (SSSR count). The maximum absolute atomic E-state index is 6.36. The molecule has 21 heavy (non-hydrogen) atoms. The van der Waals surface area contributed by atoms with Crippen LogP contribution in [0.1, 0.15) is 12.5 Å². The Labute approximate surface area is 131 Å². The molecule has 0 radical (unpaired) electrons. The van der Waals surface area contributed by atoms with E-state index >= 15 is 0 Å². The molecule has 2 aromatic rings. The molecule has 3 nitrogen and oxygen atoms in total. The molecule has 0 fully saturated rings. The van der Waals surface area contributed by atoms with Crippen LogP contribution in [0.25, 0.3) is 0 Å². The van der Waals surface area contributed by atoms with Gasteiger partial charge in [-0.05, 0) is 36.4 Å². The van der Waals surface area contributed by atoms with Crippen LogP contribution in [0.3, 0.4) is 0 Å². The van der Waals surface area contributed by atoms with E-state index in [1.54, 1.807) is 7.11 Å². The van der Waals surface area contributed by atoms with Crippen LogP contribution in [0.5, 0.6) is 5.75 Å². The number of nitrogens with one attached hydrogen (secondary N) is 1. The third-order valence-electron chi connectivity index (χ3n) is 3.43. The summed E-state index contributed by atoms with van der Waals surface area (Å²) in [5.74, 6) is 0.842. The van der Waals surface area contributed by atoms with E-state index in [1.807, 2.05) is 37.4 Å². The van der Waals surface area contributed by atoms with Crippen LogP contribution in [0.2, 0.25) is 5.02 Å². The van der Waals surface area contributed by atoms with Crippen LogP contribution in [0.15, 0.2) is 42.5 Å². The summed E-state index contributed by atoms with van der Waals surface area (Å²) >= 11 is 6.36. The minimum absolute atomic E-state index is 0.781. The smallest absolute Gasteiger partial charge is 0.120 e. The number of hydrogen-bond acceptors (Lipinski definition) is 3. The van der Waals surface area contributed by atoms with Crippen molar-refractivity contribution in [2.75, 3.05) is 25.6 Å². The van der Waals surface area contributed by atoms with Crippen molar-refractivity contribution < 1.29 is 4.74 Å². The lowest BCUT2D eigenvalue weighted by Crippen LogP contribution is -2.13. The second kappa shape index (κ2) is 7.34. The van der Waals surface area contributed by atoms with E-state index < -0.39 is 0 Å². The lowest BCUT2D eigenvalue weighted by molar-refractivity contribution is 0.415. The SMILES string of the molecule is CCNCc1ccc(N(C)c2cccc(OC)c2)cc1Cl. The van der Waals surface area contributed by atoms with Gasteiger partial charge in [0.05, 0.1) is 7.11 Å². The van der Waals surface area contributed by atoms with Gasteiger partial charge in [0.25, 0.3) is 0 Å². The predicted molar refractivity (Wildman–Crippen MR) is 89.9 cm³/mol. The van der Waals surface area contributed by atoms with Crippen molar-refractivity contribution in [1.29, 1.82) is 0 Å². The van der Waals surface area contributed by atoms with Crippen molar-refractivity contribution in [2.24, 2.45) is 0 Å². The van der Waals surface area contributed by atoms with Gasteiger partial charge >= 0.3 is 0 Å². The Balaban J connectivity index is 2.22. The van der Waals surface area contributed by atoms with E-state index in [9.17, 15) is 0 Å². The number of anilines is 2. The van der Waals surface area contributed by atoms with Crippen LogP contribution in [-0.4, -0.2) is 20.7 Å². The molecule has 0 unspecified atom stereocenters. The minimum Gasteiger partial charge on any atom is -0.497 e. The summed E-state index contributed by atoms with van der Waals surface area (Å²) in [4.78, 5) is 2.09. The Bertz CT molecular complexity index is 601. The number of rotatable bonds is 6. The first kappa shape index (κ1) is 15.7. The maximum Gasteiger partial charge on any atom is 0.120 e. The standard InChI is InChI=1S/C17H21ClN2O/c1-4-19-12-13-8-9-15(11-17(13)18)20(2)14-6-5-7-16(10-14)21-3/h5-11,19H,4,12H2,1-3H3.